The number of ether oxygens (including phenoxy) is 1. The maximum absolute atomic E-state index is 11.8. The van der Waals surface area contributed by atoms with Gasteiger partial charge in [-0.15, -0.1) is 5.10 Å². The molecule has 1 heterocycles. The molecule has 0 saturated carbocycles. The van der Waals surface area contributed by atoms with Gasteiger partial charge in [-0.1, -0.05) is 24.9 Å². The smallest absolute Gasteiger partial charge is 0.435 e. The number of nitrogens with two attached hydrogens (primary N) is 1. The fourth-order valence-corrected chi connectivity index (χ4v) is 1.78. The summed E-state index contributed by atoms with van der Waals surface area (Å²) in [5.74, 6) is 0.286. The Morgan fingerprint density at radius 3 is 3.06 bits per heavy atom. The molecule has 0 aliphatic carbocycles. The van der Waals surface area contributed by atoms with Gasteiger partial charge in [0.15, 0.2) is 5.82 Å². The predicted molar refractivity (Wildman–Crippen MR) is 70.8 cm³/mol. The molecule has 0 fully saturated rings. The molecule has 0 atom stereocenters. The van der Waals surface area contributed by atoms with Crippen LogP contribution in [-0.2, 0) is 4.74 Å². The number of anilines is 1. The number of hydrogen-bond acceptors (Lipinski definition) is 4. The summed E-state index contributed by atoms with van der Waals surface area (Å²) in [7, 11) is 0. The number of carbonyl (C=O) groups excluding carboxylic acids is 1. The van der Waals surface area contributed by atoms with Crippen molar-refractivity contribution in [3.8, 4) is 0 Å². The predicted octanol–water partition coefficient (Wildman–Crippen LogP) is 3.06. The molecular weight excluding hydrogens is 254 g/mol. The molecule has 0 radical (unpaired) electrons. The minimum atomic E-state index is -0.535. The molecule has 0 bridgehead atoms. The van der Waals surface area contributed by atoms with Crippen molar-refractivity contribution in [1.82, 2.24) is 9.78 Å². The van der Waals surface area contributed by atoms with Crippen LogP contribution < -0.4 is 5.73 Å². The van der Waals surface area contributed by atoms with E-state index in [0.29, 0.717) is 22.5 Å². The topological polar surface area (TPSA) is 70.1 Å². The summed E-state index contributed by atoms with van der Waals surface area (Å²) >= 11 is 5.90. The van der Waals surface area contributed by atoms with Gasteiger partial charge < -0.3 is 10.5 Å². The minimum absolute atomic E-state index is 0.286. The number of halogens is 1. The minimum Gasteiger partial charge on any atom is -0.448 e. The normalized spacial score (nSPS) is 10.8. The van der Waals surface area contributed by atoms with Gasteiger partial charge in [-0.2, -0.15) is 4.68 Å². The lowest BCUT2D eigenvalue weighted by Crippen LogP contribution is -2.15. The van der Waals surface area contributed by atoms with Crippen LogP contribution >= 0.6 is 11.6 Å². The van der Waals surface area contributed by atoms with E-state index in [1.807, 2.05) is 6.92 Å². The Labute approximate surface area is 109 Å². The molecule has 96 valence electrons. The van der Waals surface area contributed by atoms with Crippen molar-refractivity contribution in [3.63, 3.8) is 0 Å². The van der Waals surface area contributed by atoms with Crippen LogP contribution in [0.3, 0.4) is 0 Å². The van der Waals surface area contributed by atoms with E-state index in [9.17, 15) is 4.79 Å². The molecule has 5 nitrogen and oxygen atoms in total. The molecule has 2 rings (SSSR count). The first-order chi connectivity index (χ1) is 8.63. The molecule has 2 N–H and O–H groups in total. The van der Waals surface area contributed by atoms with Crippen LogP contribution in [0.15, 0.2) is 18.2 Å². The second-order valence-corrected chi connectivity index (χ2v) is 4.36. The average Bonchev–Trinajstić information content (AvgIpc) is 2.66. The van der Waals surface area contributed by atoms with Gasteiger partial charge in [0.1, 0.15) is 0 Å². The van der Waals surface area contributed by atoms with Crippen molar-refractivity contribution in [2.24, 2.45) is 0 Å². The molecule has 0 aliphatic rings. The van der Waals surface area contributed by atoms with E-state index in [0.717, 1.165) is 17.5 Å². The molecule has 0 unspecified atom stereocenters. The fraction of sp³-hybridized carbons (Fsp3) is 0.333. The largest absolute Gasteiger partial charge is 0.448 e. The Morgan fingerprint density at radius 2 is 2.33 bits per heavy atom. The summed E-state index contributed by atoms with van der Waals surface area (Å²) in [6, 6.07) is 5.08. The first-order valence-electron chi connectivity index (χ1n) is 5.74. The zero-order chi connectivity index (χ0) is 13.1. The van der Waals surface area contributed by atoms with E-state index in [2.05, 4.69) is 5.10 Å². The second-order valence-electron chi connectivity index (χ2n) is 3.93. The SMILES string of the molecule is CCCCOC(=O)n1nc(N)c2ccc(Cl)cc21. The maximum Gasteiger partial charge on any atom is 0.435 e. The van der Waals surface area contributed by atoms with Crippen LogP contribution in [0.2, 0.25) is 5.02 Å². The Bertz CT molecular complexity index is 580. The molecular formula is C12H14ClN3O2. The van der Waals surface area contributed by atoms with Crippen molar-refractivity contribution in [3.05, 3.63) is 23.2 Å². The Morgan fingerprint density at radius 1 is 1.56 bits per heavy atom. The Kier molecular flexibility index (Phi) is 3.72. The van der Waals surface area contributed by atoms with E-state index < -0.39 is 6.09 Å². The summed E-state index contributed by atoms with van der Waals surface area (Å²) in [5.41, 5.74) is 6.29. The van der Waals surface area contributed by atoms with E-state index in [1.54, 1.807) is 18.2 Å². The summed E-state index contributed by atoms with van der Waals surface area (Å²) in [4.78, 5) is 11.8. The van der Waals surface area contributed by atoms with Gasteiger partial charge in [0.05, 0.1) is 12.1 Å². The number of unbranched alkanes of at least 4 members (excludes halogenated alkanes) is 1. The molecule has 2 aromatic rings. The number of nitrogens with zero attached hydrogens (tertiary/aromatic N) is 2. The summed E-state index contributed by atoms with van der Waals surface area (Å²) in [6.07, 6.45) is 1.25. The second kappa shape index (κ2) is 5.27. The first-order valence-corrected chi connectivity index (χ1v) is 6.12. The van der Waals surface area contributed by atoms with Crippen molar-refractivity contribution < 1.29 is 9.53 Å². The monoisotopic (exact) mass is 267 g/mol. The number of benzene rings is 1. The molecule has 0 spiro atoms. The number of carbonyl (C=O) groups is 1. The number of aromatic nitrogens is 2. The summed E-state index contributed by atoms with van der Waals surface area (Å²) in [6.45, 7) is 2.39. The average molecular weight is 268 g/mol. The highest BCUT2D eigenvalue weighted by Crippen LogP contribution is 2.24. The molecule has 1 aromatic carbocycles. The number of fused-ring (bicyclic) bond motifs is 1. The van der Waals surface area contributed by atoms with Crippen LogP contribution in [0.25, 0.3) is 10.9 Å². The molecule has 0 saturated heterocycles. The van der Waals surface area contributed by atoms with Gasteiger partial charge in [0, 0.05) is 10.4 Å². The highest BCUT2D eigenvalue weighted by atomic mass is 35.5. The maximum atomic E-state index is 11.8. The van der Waals surface area contributed by atoms with Crippen LogP contribution in [0.1, 0.15) is 19.8 Å². The Balaban J connectivity index is 2.32. The highest BCUT2D eigenvalue weighted by Gasteiger charge is 2.15. The van der Waals surface area contributed by atoms with Crippen molar-refractivity contribution in [2.45, 2.75) is 19.8 Å². The molecule has 6 heteroatoms. The van der Waals surface area contributed by atoms with E-state index in [-0.39, 0.29) is 5.82 Å². The molecule has 1 aromatic heterocycles. The van der Waals surface area contributed by atoms with Crippen LogP contribution in [0, 0.1) is 0 Å². The Hall–Kier alpha value is -1.75. The lowest BCUT2D eigenvalue weighted by molar-refractivity contribution is 0.144. The first kappa shape index (κ1) is 12.7. The number of rotatable bonds is 3. The van der Waals surface area contributed by atoms with Crippen LogP contribution in [0.4, 0.5) is 10.6 Å². The third-order valence-electron chi connectivity index (χ3n) is 2.57. The molecule has 18 heavy (non-hydrogen) atoms. The fourth-order valence-electron chi connectivity index (χ4n) is 1.62. The van der Waals surface area contributed by atoms with Crippen LogP contribution in [-0.4, -0.2) is 22.5 Å². The molecule has 0 aliphatic heterocycles. The van der Waals surface area contributed by atoms with E-state index in [4.69, 9.17) is 22.1 Å². The third-order valence-corrected chi connectivity index (χ3v) is 2.80. The third kappa shape index (κ3) is 2.41. The van der Waals surface area contributed by atoms with Gasteiger partial charge in [-0.3, -0.25) is 0 Å². The van der Waals surface area contributed by atoms with Crippen LogP contribution in [0.5, 0.6) is 0 Å². The van der Waals surface area contributed by atoms with Crippen molar-refractivity contribution in [1.29, 1.82) is 0 Å². The summed E-state index contributed by atoms with van der Waals surface area (Å²) < 4.78 is 6.24. The zero-order valence-electron chi connectivity index (χ0n) is 10.0. The lowest BCUT2D eigenvalue weighted by atomic mass is 10.2. The lowest BCUT2D eigenvalue weighted by Gasteiger charge is -2.04. The zero-order valence-corrected chi connectivity index (χ0v) is 10.8. The van der Waals surface area contributed by atoms with E-state index >= 15 is 0 Å². The van der Waals surface area contributed by atoms with Gasteiger partial charge in [-0.05, 0) is 24.6 Å². The van der Waals surface area contributed by atoms with Gasteiger partial charge in [0.2, 0.25) is 0 Å². The van der Waals surface area contributed by atoms with Gasteiger partial charge in [-0.25, -0.2) is 4.79 Å². The van der Waals surface area contributed by atoms with Crippen molar-refractivity contribution in [2.75, 3.05) is 12.3 Å². The quantitative estimate of drug-likeness (QED) is 0.868. The number of hydrogen-bond donors (Lipinski definition) is 1. The standard InChI is InChI=1S/C12H14ClN3O2/c1-2-3-6-18-12(17)16-10-7-8(13)4-5-9(10)11(14)15-16/h4-5,7H,2-3,6H2,1H3,(H2,14,15). The van der Waals surface area contributed by atoms with E-state index in [1.165, 1.54) is 0 Å². The van der Waals surface area contributed by atoms with Crippen molar-refractivity contribution >= 4 is 34.4 Å². The highest BCUT2D eigenvalue weighted by molar-refractivity contribution is 6.31. The van der Waals surface area contributed by atoms with Gasteiger partial charge >= 0.3 is 6.09 Å². The van der Waals surface area contributed by atoms with Gasteiger partial charge in [0.25, 0.3) is 0 Å². The summed E-state index contributed by atoms with van der Waals surface area (Å²) in [5, 5.41) is 5.18. The molecule has 0 amide bonds. The number of nitrogen functional groups attached to an aromatic ring is 1.